The highest BCUT2D eigenvalue weighted by atomic mass is 16.6. The van der Waals surface area contributed by atoms with E-state index in [9.17, 15) is 49.2 Å². The van der Waals surface area contributed by atoms with Crippen molar-refractivity contribution >= 4 is 35.8 Å². The first kappa shape index (κ1) is 42.4. The Hall–Kier alpha value is -6.00. The van der Waals surface area contributed by atoms with E-state index < -0.39 is 109 Å². The fraction of sp³-hybridized carbons (Fsp3) is 0.368. The van der Waals surface area contributed by atoms with Crippen molar-refractivity contribution in [3.8, 4) is 56.8 Å². The molecule has 54 heavy (non-hydrogen) atoms. The number of phenols is 2. The number of rotatable bonds is 16. The molecule has 16 heteroatoms. The molecule has 3 rings (SSSR count). The van der Waals surface area contributed by atoms with E-state index in [1.165, 1.54) is 76.2 Å². The molecule has 0 radical (unpaired) electrons. The summed E-state index contributed by atoms with van der Waals surface area (Å²) in [5.74, 6) is -8.38. The molecule has 0 aliphatic carbocycles. The maximum absolute atomic E-state index is 13.6. The Balaban J connectivity index is 2.58. The lowest BCUT2D eigenvalue weighted by atomic mass is 9.94. The maximum Gasteiger partial charge on any atom is 0.315 e. The second-order valence-corrected chi connectivity index (χ2v) is 12.4. The monoisotopic (exact) mass is 754 g/mol. The van der Waals surface area contributed by atoms with Gasteiger partial charge in [0.15, 0.2) is 23.0 Å². The van der Waals surface area contributed by atoms with Crippen LogP contribution >= 0.6 is 0 Å². The van der Waals surface area contributed by atoms with Crippen molar-refractivity contribution < 1.29 is 77.6 Å². The van der Waals surface area contributed by atoms with Crippen LogP contribution in [0.25, 0.3) is 22.3 Å². The van der Waals surface area contributed by atoms with Crippen molar-refractivity contribution in [3.05, 3.63) is 48.5 Å². The quantitative estimate of drug-likeness (QED) is 0.118. The van der Waals surface area contributed by atoms with Crippen molar-refractivity contribution in [2.24, 2.45) is 0 Å². The lowest BCUT2D eigenvalue weighted by Gasteiger charge is -2.25. The summed E-state index contributed by atoms with van der Waals surface area (Å²) in [6.45, 7) is 7.72. The Bertz CT molecular complexity index is 1710. The van der Waals surface area contributed by atoms with Gasteiger partial charge in [-0.15, -0.1) is 0 Å². The van der Waals surface area contributed by atoms with Crippen molar-refractivity contribution in [3.63, 3.8) is 0 Å². The number of carbonyl (C=O) groups excluding carboxylic acids is 6. The van der Waals surface area contributed by atoms with Crippen LogP contribution in [0.1, 0.15) is 67.2 Å². The predicted molar refractivity (Wildman–Crippen MR) is 187 cm³/mol. The Kier molecular flexibility index (Phi) is 15.1. The smallest absolute Gasteiger partial charge is 0.315 e. The third-order valence-electron chi connectivity index (χ3n) is 7.06. The van der Waals surface area contributed by atoms with Crippen molar-refractivity contribution in [2.45, 2.75) is 91.6 Å². The van der Waals surface area contributed by atoms with Gasteiger partial charge in [0, 0.05) is 13.8 Å². The molecule has 3 aromatic rings. The standard InChI is InChI=1S/C38H42O16/c1-19(39)15-29(45)51-35-33(25-7-11-27(43)12-8-25)38(54-32(48)18-22(4)50-24(6)42)36(52-30(46)16-20(2)40)34(26-9-13-28(44)14-10-26)37(35)53-31(47)17-21(3)49-23(5)41/h7-14,19-22,39-40,43-44H,15-18H2,1-6H3/t19-,20-,21-,22-/m0/s1. The summed E-state index contributed by atoms with van der Waals surface area (Å²) in [5.41, 5.74) is -0.584. The van der Waals surface area contributed by atoms with Crippen molar-refractivity contribution in [2.75, 3.05) is 0 Å². The van der Waals surface area contributed by atoms with E-state index in [1.54, 1.807) is 0 Å². The lowest BCUT2D eigenvalue weighted by molar-refractivity contribution is -0.151. The summed E-state index contributed by atoms with van der Waals surface area (Å²) in [6, 6.07) is 10.2. The number of aliphatic hydroxyl groups excluding tert-OH is 2. The summed E-state index contributed by atoms with van der Waals surface area (Å²) < 4.78 is 33.5. The van der Waals surface area contributed by atoms with Crippen LogP contribution in [0.3, 0.4) is 0 Å². The van der Waals surface area contributed by atoms with Gasteiger partial charge in [0.2, 0.25) is 0 Å². The van der Waals surface area contributed by atoms with Gasteiger partial charge < -0.3 is 48.8 Å². The number of phenolic OH excluding ortho intramolecular Hbond substituents is 2. The second kappa shape index (κ2) is 19.2. The Morgan fingerprint density at radius 3 is 0.981 bits per heavy atom. The first-order valence-corrected chi connectivity index (χ1v) is 16.7. The molecule has 4 atom stereocenters. The minimum Gasteiger partial charge on any atom is -0.508 e. The molecule has 0 spiro atoms. The fourth-order valence-electron chi connectivity index (χ4n) is 5.05. The number of ether oxygens (including phenoxy) is 6. The molecule has 290 valence electrons. The Labute approximate surface area is 310 Å². The van der Waals surface area contributed by atoms with Crippen molar-refractivity contribution in [1.82, 2.24) is 0 Å². The number of hydrogen-bond donors (Lipinski definition) is 4. The van der Waals surface area contributed by atoms with Gasteiger partial charge in [0.25, 0.3) is 0 Å². The number of aromatic hydroxyl groups is 2. The number of hydrogen-bond acceptors (Lipinski definition) is 16. The number of benzene rings is 3. The average molecular weight is 755 g/mol. The fourth-order valence-corrected chi connectivity index (χ4v) is 5.05. The SMILES string of the molecule is CC(=O)O[C@@H](C)CC(=O)Oc1c(OC(=O)C[C@H](C)O)c(-c2ccc(O)cc2)c(OC(=O)C[C@H](C)OC(C)=O)c(OC(=O)C[C@H](C)O)c1-c1ccc(O)cc1. The first-order chi connectivity index (χ1) is 25.3. The molecule has 0 fully saturated rings. The van der Waals surface area contributed by atoms with Crippen LogP contribution in [0.4, 0.5) is 0 Å². The van der Waals surface area contributed by atoms with E-state index in [1.807, 2.05) is 0 Å². The summed E-state index contributed by atoms with van der Waals surface area (Å²) in [7, 11) is 0. The molecule has 0 unspecified atom stereocenters. The Morgan fingerprint density at radius 1 is 0.481 bits per heavy atom. The van der Waals surface area contributed by atoms with Gasteiger partial charge in [-0.05, 0) is 63.1 Å². The number of esters is 6. The molecule has 0 amide bonds. The zero-order valence-corrected chi connectivity index (χ0v) is 30.4. The third kappa shape index (κ3) is 12.6. The summed E-state index contributed by atoms with van der Waals surface area (Å²) >= 11 is 0. The molecule has 0 heterocycles. The molecule has 0 bridgehead atoms. The predicted octanol–water partition coefficient (Wildman–Crippen LogP) is 4.28. The molecule has 16 nitrogen and oxygen atoms in total. The van der Waals surface area contributed by atoms with Crippen LogP contribution in [0.5, 0.6) is 34.5 Å². The van der Waals surface area contributed by atoms with Gasteiger partial charge >= 0.3 is 35.8 Å². The van der Waals surface area contributed by atoms with Crippen molar-refractivity contribution in [1.29, 1.82) is 0 Å². The number of aliphatic hydroxyl groups is 2. The van der Waals surface area contributed by atoms with Crippen LogP contribution < -0.4 is 18.9 Å². The third-order valence-corrected chi connectivity index (χ3v) is 7.06. The molecule has 0 aliphatic heterocycles. The summed E-state index contributed by atoms with van der Waals surface area (Å²) in [4.78, 5) is 77.0. The van der Waals surface area contributed by atoms with Gasteiger partial charge in [0.1, 0.15) is 23.7 Å². The van der Waals surface area contributed by atoms with E-state index in [0.29, 0.717) is 0 Å². The molecule has 4 N–H and O–H groups in total. The molecular formula is C38H42O16. The maximum atomic E-state index is 13.6. The van der Waals surface area contributed by atoms with E-state index in [0.717, 1.165) is 13.8 Å². The van der Waals surface area contributed by atoms with Crippen LogP contribution in [-0.4, -0.2) is 80.7 Å². The minimum atomic E-state index is -1.22. The van der Waals surface area contributed by atoms with Gasteiger partial charge in [-0.25, -0.2) is 0 Å². The van der Waals surface area contributed by atoms with E-state index in [4.69, 9.17) is 28.4 Å². The van der Waals surface area contributed by atoms with Gasteiger partial charge in [-0.1, -0.05) is 24.3 Å². The van der Waals surface area contributed by atoms with Crippen LogP contribution in [0, 0.1) is 0 Å². The first-order valence-electron chi connectivity index (χ1n) is 16.7. The highest BCUT2D eigenvalue weighted by molar-refractivity contribution is 5.99. The molecule has 0 saturated heterocycles. The molecule has 3 aromatic carbocycles. The molecule has 0 aromatic heterocycles. The second-order valence-electron chi connectivity index (χ2n) is 12.4. The Morgan fingerprint density at radius 2 is 0.741 bits per heavy atom. The highest BCUT2D eigenvalue weighted by Crippen LogP contribution is 2.58. The van der Waals surface area contributed by atoms with Crippen LogP contribution in [-0.2, 0) is 38.2 Å². The van der Waals surface area contributed by atoms with E-state index in [2.05, 4.69) is 0 Å². The number of carbonyl (C=O) groups is 6. The molecular weight excluding hydrogens is 712 g/mol. The van der Waals surface area contributed by atoms with Gasteiger partial charge in [-0.3, -0.25) is 28.8 Å². The van der Waals surface area contributed by atoms with Crippen LogP contribution in [0.15, 0.2) is 48.5 Å². The molecule has 0 saturated carbocycles. The average Bonchev–Trinajstić information content (AvgIpc) is 3.02. The van der Waals surface area contributed by atoms with Crippen LogP contribution in [0.2, 0.25) is 0 Å². The minimum absolute atomic E-state index is 0.0409. The highest BCUT2D eigenvalue weighted by Gasteiger charge is 2.36. The topological polar surface area (TPSA) is 239 Å². The molecule has 0 aliphatic rings. The normalized spacial score (nSPS) is 13.0. The summed E-state index contributed by atoms with van der Waals surface area (Å²) in [6.07, 6.45) is -6.69. The van der Waals surface area contributed by atoms with E-state index in [-0.39, 0.29) is 33.8 Å². The largest absolute Gasteiger partial charge is 0.508 e. The zero-order valence-electron chi connectivity index (χ0n) is 30.4. The zero-order chi connectivity index (χ0) is 40.3. The summed E-state index contributed by atoms with van der Waals surface area (Å²) in [5, 5.41) is 40.3. The van der Waals surface area contributed by atoms with E-state index >= 15 is 0 Å². The van der Waals surface area contributed by atoms with Gasteiger partial charge in [0.05, 0.1) is 49.0 Å². The van der Waals surface area contributed by atoms with Gasteiger partial charge in [-0.2, -0.15) is 0 Å². The lowest BCUT2D eigenvalue weighted by Crippen LogP contribution is -2.23.